The van der Waals surface area contributed by atoms with Gasteiger partial charge in [0.1, 0.15) is 5.78 Å². The van der Waals surface area contributed by atoms with Gasteiger partial charge >= 0.3 is 0 Å². The van der Waals surface area contributed by atoms with Gasteiger partial charge in [0.15, 0.2) is 0 Å². The molecule has 0 amide bonds. The molecule has 66 valence electrons. The quantitative estimate of drug-likeness (QED) is 0.503. The molecule has 0 aromatic rings. The Balaban J connectivity index is 2.28. The van der Waals surface area contributed by atoms with Crippen LogP contribution in [0.4, 0.5) is 0 Å². The Kier molecular flexibility index (Phi) is 1.82. The van der Waals surface area contributed by atoms with E-state index in [1.807, 2.05) is 0 Å². The molecule has 0 heterocycles. The van der Waals surface area contributed by atoms with Crippen LogP contribution in [0, 0.1) is 11.3 Å². The molecule has 2 rings (SSSR count). The monoisotopic (exact) mass is 164 g/mol. The molecule has 1 nitrogen and oxygen atoms in total. The lowest BCUT2D eigenvalue weighted by molar-refractivity contribution is -0.129. The molecule has 1 fully saturated rings. The van der Waals surface area contributed by atoms with E-state index in [4.69, 9.17) is 0 Å². The van der Waals surface area contributed by atoms with Crippen molar-refractivity contribution in [2.45, 2.75) is 39.0 Å². The molecule has 1 saturated carbocycles. The molecule has 0 saturated heterocycles. The smallest absolute Gasteiger partial charge is 0.136 e. The normalized spacial score (nSPS) is 41.1. The molecular weight excluding hydrogens is 148 g/mol. The van der Waals surface area contributed by atoms with Gasteiger partial charge in [0.25, 0.3) is 0 Å². The van der Waals surface area contributed by atoms with Crippen molar-refractivity contribution >= 4 is 5.78 Å². The summed E-state index contributed by atoms with van der Waals surface area (Å²) in [6.07, 6.45) is 9.84. The van der Waals surface area contributed by atoms with Gasteiger partial charge in [0.2, 0.25) is 0 Å². The van der Waals surface area contributed by atoms with Gasteiger partial charge in [-0.2, -0.15) is 0 Å². The fraction of sp³-hybridized carbons (Fsp3) is 0.727. The average Bonchev–Trinajstić information content (AvgIpc) is 2.04. The maximum atomic E-state index is 11.6. The van der Waals surface area contributed by atoms with Gasteiger partial charge in [-0.05, 0) is 31.1 Å². The van der Waals surface area contributed by atoms with Gasteiger partial charge in [0.05, 0.1) is 0 Å². The molecule has 2 atom stereocenters. The third-order valence-corrected chi connectivity index (χ3v) is 3.44. The molecule has 0 aromatic heterocycles. The first-order chi connectivity index (χ1) is 5.72. The van der Waals surface area contributed by atoms with Crippen LogP contribution < -0.4 is 0 Å². The van der Waals surface area contributed by atoms with E-state index < -0.39 is 0 Å². The highest BCUT2D eigenvalue weighted by Gasteiger charge is 2.40. The molecule has 0 spiro atoms. The SMILES string of the molecule is C[C@@]12C=CCC[C@@H]1C(=O)CCC2. The Hall–Kier alpha value is -0.590. The fourth-order valence-electron chi connectivity index (χ4n) is 2.67. The van der Waals surface area contributed by atoms with E-state index in [1.54, 1.807) is 0 Å². The maximum absolute atomic E-state index is 11.6. The molecule has 12 heavy (non-hydrogen) atoms. The topological polar surface area (TPSA) is 17.1 Å². The van der Waals surface area contributed by atoms with E-state index in [2.05, 4.69) is 19.1 Å². The van der Waals surface area contributed by atoms with Crippen LogP contribution in [-0.4, -0.2) is 5.78 Å². The number of hydrogen-bond donors (Lipinski definition) is 0. The summed E-state index contributed by atoms with van der Waals surface area (Å²) in [5.41, 5.74) is 0.216. The Morgan fingerprint density at radius 3 is 3.17 bits per heavy atom. The van der Waals surface area contributed by atoms with Crippen molar-refractivity contribution in [1.82, 2.24) is 0 Å². The van der Waals surface area contributed by atoms with Crippen molar-refractivity contribution in [3.05, 3.63) is 12.2 Å². The summed E-state index contributed by atoms with van der Waals surface area (Å²) in [5, 5.41) is 0. The summed E-state index contributed by atoms with van der Waals surface area (Å²) < 4.78 is 0. The molecular formula is C11H16O. The third-order valence-electron chi connectivity index (χ3n) is 3.44. The van der Waals surface area contributed by atoms with Crippen LogP contribution in [-0.2, 0) is 4.79 Å². The summed E-state index contributed by atoms with van der Waals surface area (Å²) in [5.74, 6) is 0.851. The van der Waals surface area contributed by atoms with Crippen LogP contribution in [0.2, 0.25) is 0 Å². The highest BCUT2D eigenvalue weighted by Crippen LogP contribution is 2.44. The zero-order chi connectivity index (χ0) is 8.60. The first kappa shape index (κ1) is 8.03. The number of ketones is 1. The summed E-state index contributed by atoms with van der Waals surface area (Å²) >= 11 is 0. The Bertz CT molecular complexity index is 229. The molecule has 2 aliphatic carbocycles. The number of rotatable bonds is 0. The lowest BCUT2D eigenvalue weighted by atomic mass is 9.63. The van der Waals surface area contributed by atoms with Crippen molar-refractivity contribution in [2.24, 2.45) is 11.3 Å². The molecule has 0 bridgehead atoms. The lowest BCUT2D eigenvalue weighted by Crippen LogP contribution is -2.37. The zero-order valence-electron chi connectivity index (χ0n) is 7.68. The number of fused-ring (bicyclic) bond motifs is 1. The van der Waals surface area contributed by atoms with Crippen LogP contribution in [0.5, 0.6) is 0 Å². The van der Waals surface area contributed by atoms with E-state index in [1.165, 1.54) is 6.42 Å². The highest BCUT2D eigenvalue weighted by molar-refractivity contribution is 5.83. The largest absolute Gasteiger partial charge is 0.299 e. The van der Waals surface area contributed by atoms with Crippen molar-refractivity contribution in [1.29, 1.82) is 0 Å². The van der Waals surface area contributed by atoms with Gasteiger partial charge in [-0.15, -0.1) is 0 Å². The molecule has 0 aromatic carbocycles. The molecule has 2 aliphatic rings. The van der Waals surface area contributed by atoms with Crippen molar-refractivity contribution in [2.75, 3.05) is 0 Å². The van der Waals surface area contributed by atoms with Gasteiger partial charge in [0, 0.05) is 12.3 Å². The second-order valence-corrected chi connectivity index (χ2v) is 4.36. The average molecular weight is 164 g/mol. The van der Waals surface area contributed by atoms with E-state index in [9.17, 15) is 4.79 Å². The Morgan fingerprint density at radius 2 is 2.42 bits per heavy atom. The number of carbonyl (C=O) groups excluding carboxylic acids is 1. The number of hydrogen-bond acceptors (Lipinski definition) is 1. The van der Waals surface area contributed by atoms with Crippen molar-refractivity contribution < 1.29 is 4.79 Å². The molecule has 0 N–H and O–H groups in total. The summed E-state index contributed by atoms with van der Waals surface area (Å²) in [4.78, 5) is 11.6. The number of carbonyl (C=O) groups is 1. The van der Waals surface area contributed by atoms with E-state index in [-0.39, 0.29) is 5.41 Å². The van der Waals surface area contributed by atoms with Crippen LogP contribution in [0.1, 0.15) is 39.0 Å². The van der Waals surface area contributed by atoms with Crippen molar-refractivity contribution in [3.63, 3.8) is 0 Å². The minimum Gasteiger partial charge on any atom is -0.299 e. The number of allylic oxidation sites excluding steroid dienone is 2. The minimum atomic E-state index is 0.216. The van der Waals surface area contributed by atoms with Crippen molar-refractivity contribution in [3.8, 4) is 0 Å². The fourth-order valence-corrected chi connectivity index (χ4v) is 2.67. The second kappa shape index (κ2) is 2.72. The standard InChI is InChI=1S/C11H16O/c1-11-7-3-2-5-9(11)10(12)6-4-8-11/h3,7,9H,2,4-6,8H2,1H3/t9-,11+/m1/s1. The Labute approximate surface area is 73.8 Å². The highest BCUT2D eigenvalue weighted by atomic mass is 16.1. The van der Waals surface area contributed by atoms with E-state index in [0.717, 1.165) is 25.7 Å². The number of Topliss-reactive ketones (excluding diaryl/α,β-unsaturated/α-hetero) is 1. The first-order valence-corrected chi connectivity index (χ1v) is 4.93. The van der Waals surface area contributed by atoms with E-state index >= 15 is 0 Å². The van der Waals surface area contributed by atoms with Gasteiger partial charge in [-0.1, -0.05) is 19.1 Å². The summed E-state index contributed by atoms with van der Waals surface area (Å²) in [6.45, 7) is 2.24. The molecule has 1 heteroatoms. The Morgan fingerprint density at radius 1 is 1.58 bits per heavy atom. The summed E-state index contributed by atoms with van der Waals surface area (Å²) in [7, 11) is 0. The molecule has 0 radical (unpaired) electrons. The second-order valence-electron chi connectivity index (χ2n) is 4.36. The van der Waals surface area contributed by atoms with Crippen LogP contribution in [0.3, 0.4) is 0 Å². The third kappa shape index (κ3) is 1.12. The first-order valence-electron chi connectivity index (χ1n) is 4.93. The molecule has 0 unspecified atom stereocenters. The van der Waals surface area contributed by atoms with Crippen LogP contribution in [0.25, 0.3) is 0 Å². The lowest BCUT2D eigenvalue weighted by Gasteiger charge is -2.40. The molecule has 0 aliphatic heterocycles. The summed E-state index contributed by atoms with van der Waals surface area (Å²) in [6, 6.07) is 0. The van der Waals surface area contributed by atoms with E-state index in [0.29, 0.717) is 11.7 Å². The zero-order valence-corrected chi connectivity index (χ0v) is 7.68. The predicted molar refractivity (Wildman–Crippen MR) is 48.8 cm³/mol. The predicted octanol–water partition coefficient (Wildman–Crippen LogP) is 2.71. The van der Waals surface area contributed by atoms with Gasteiger partial charge < -0.3 is 0 Å². The van der Waals surface area contributed by atoms with Gasteiger partial charge in [-0.3, -0.25) is 4.79 Å². The minimum absolute atomic E-state index is 0.216. The van der Waals surface area contributed by atoms with Crippen LogP contribution in [0.15, 0.2) is 12.2 Å². The van der Waals surface area contributed by atoms with Crippen LogP contribution >= 0.6 is 0 Å². The van der Waals surface area contributed by atoms with Gasteiger partial charge in [-0.25, -0.2) is 0 Å². The maximum Gasteiger partial charge on any atom is 0.136 e.